The number of carbonyl (C=O) groups is 6. The Hall–Kier alpha value is -3.44. The summed E-state index contributed by atoms with van der Waals surface area (Å²) in [6.07, 6.45) is 8.33. The minimum atomic E-state index is -1.28. The van der Waals surface area contributed by atoms with Gasteiger partial charge in [0.15, 0.2) is 5.78 Å². The van der Waals surface area contributed by atoms with Gasteiger partial charge in [-0.1, -0.05) is 62.3 Å². The fourth-order valence-corrected chi connectivity index (χ4v) is 15.4. The van der Waals surface area contributed by atoms with Gasteiger partial charge in [0.05, 0.1) is 23.3 Å². The maximum atomic E-state index is 14.6. The number of ketones is 1. The van der Waals surface area contributed by atoms with E-state index in [4.69, 9.17) is 9.47 Å². The molecule has 0 aromatic heterocycles. The number of aliphatic carboxylic acids is 1. The molecule has 3 amide bonds. The second kappa shape index (κ2) is 15.8. The molecule has 0 radical (unpaired) electrons. The van der Waals surface area contributed by atoms with Crippen LogP contribution >= 0.6 is 0 Å². The average molecular weight is 892 g/mol. The van der Waals surface area contributed by atoms with Gasteiger partial charge in [0.1, 0.15) is 17.2 Å². The Balaban J connectivity index is 1.09. The molecule has 1 heterocycles. The summed E-state index contributed by atoms with van der Waals surface area (Å²) in [4.78, 5) is 82.7. The number of esters is 1. The molecule has 64 heavy (non-hydrogen) atoms. The van der Waals surface area contributed by atoms with Crippen molar-refractivity contribution >= 4 is 35.6 Å². The molecule has 1 saturated heterocycles. The molecule has 0 spiro atoms. The topological polar surface area (TPSA) is 168 Å². The lowest BCUT2D eigenvalue weighted by Crippen LogP contribution is -2.68. The average Bonchev–Trinajstić information content (AvgIpc) is 3.46. The molecule has 6 fully saturated rings. The molecule has 0 aromatic rings. The number of rotatable bonds is 8. The monoisotopic (exact) mass is 892 g/mol. The van der Waals surface area contributed by atoms with E-state index in [0.29, 0.717) is 44.1 Å². The summed E-state index contributed by atoms with van der Waals surface area (Å²) in [7, 11) is 0. The summed E-state index contributed by atoms with van der Waals surface area (Å²) < 4.78 is 12.0. The summed E-state index contributed by atoms with van der Waals surface area (Å²) in [6.45, 7) is 29.7. The van der Waals surface area contributed by atoms with Crippen LogP contribution in [0.1, 0.15) is 174 Å². The Labute approximate surface area is 382 Å². The first kappa shape index (κ1) is 48.5. The molecule has 7 aliphatic rings. The summed E-state index contributed by atoms with van der Waals surface area (Å²) in [5, 5.41) is 16.2. The summed E-state index contributed by atoms with van der Waals surface area (Å²) >= 11 is 0. The maximum Gasteiger partial charge on any atom is 0.410 e. The SMILES string of the molecule is CC(C)C1=C2[C@H]3CC[C@@H]4[C@@]5(C)CC[C@H](OC(=O)[C@H]6C[C@@H](C(=O)O)C6(C)C)C(C)(C)[C@@H]5CC[C@@]4(C)[C@]3(C)CC[C@@]2(NC(=O)C(C)(C)NC(=O)C2CCCN(C(=O)OC(C)(C)C)C2)CC1=O. The Morgan fingerprint density at radius 3 is 2.08 bits per heavy atom. The number of likely N-dealkylation sites (tertiary alicyclic amines) is 1. The van der Waals surface area contributed by atoms with Crippen LogP contribution in [-0.2, 0) is 33.4 Å². The zero-order chi connectivity index (χ0) is 47.5. The number of Topliss-reactive ketones (excluding diaryl/α,β-unsaturated/α-hetero) is 1. The molecular formula is C52H81N3O9. The third-order valence-electron chi connectivity index (χ3n) is 19.3. The largest absolute Gasteiger partial charge is 0.481 e. The summed E-state index contributed by atoms with van der Waals surface area (Å²) in [6, 6.07) is 0. The number of nitrogens with zero attached hydrogens (tertiary/aromatic N) is 1. The van der Waals surface area contributed by atoms with Crippen molar-refractivity contribution in [3.05, 3.63) is 11.1 Å². The van der Waals surface area contributed by atoms with E-state index in [9.17, 15) is 33.9 Å². The van der Waals surface area contributed by atoms with Gasteiger partial charge in [0.25, 0.3) is 0 Å². The maximum absolute atomic E-state index is 14.6. The van der Waals surface area contributed by atoms with Crippen LogP contribution < -0.4 is 10.6 Å². The number of piperidine rings is 1. The Morgan fingerprint density at radius 1 is 0.797 bits per heavy atom. The van der Waals surface area contributed by atoms with Gasteiger partial charge in [0, 0.05) is 24.9 Å². The van der Waals surface area contributed by atoms with E-state index in [2.05, 4.69) is 59.1 Å². The second-order valence-corrected chi connectivity index (χ2v) is 25.4. The van der Waals surface area contributed by atoms with Gasteiger partial charge in [-0.25, -0.2) is 4.79 Å². The highest BCUT2D eigenvalue weighted by molar-refractivity contribution is 6.03. The van der Waals surface area contributed by atoms with Gasteiger partial charge >= 0.3 is 18.0 Å². The van der Waals surface area contributed by atoms with Crippen LogP contribution in [0.5, 0.6) is 0 Å². The van der Waals surface area contributed by atoms with Crippen LogP contribution in [0.15, 0.2) is 11.1 Å². The Kier molecular flexibility index (Phi) is 12.0. The first-order valence-electron chi connectivity index (χ1n) is 24.7. The number of hydrogen-bond donors (Lipinski definition) is 3. The van der Waals surface area contributed by atoms with E-state index in [1.807, 2.05) is 34.6 Å². The Bertz CT molecular complexity index is 1990. The van der Waals surface area contributed by atoms with Gasteiger partial charge in [-0.3, -0.25) is 24.0 Å². The van der Waals surface area contributed by atoms with Crippen molar-refractivity contribution in [3.8, 4) is 0 Å². The highest BCUT2D eigenvalue weighted by Gasteiger charge is 2.71. The van der Waals surface area contributed by atoms with Crippen LogP contribution in [0.2, 0.25) is 0 Å². The van der Waals surface area contributed by atoms with Gasteiger partial charge in [0.2, 0.25) is 11.8 Å². The molecule has 1 unspecified atom stereocenters. The standard InChI is InChI=1S/C52H81N3O9/c1-29(2)38-34(56)27-52(54-43(61)48(10,11)53-40(57)30-16-15-25-55(28-30)44(62)64-45(3,4)5)24-23-50(13)31(39(38)52)17-18-36-49(12)21-20-37(47(8,9)35(49)19-22-51(36,50)14)63-42(60)33-26-32(41(58)59)46(33,6)7/h29-33,35-37H,15-28H2,1-14H3,(H,53,57)(H,54,61)(H,58,59)/t30?,31-,32+,33-,35+,36-,37+,49+,50-,51-,52-/m1/s1. The second-order valence-electron chi connectivity index (χ2n) is 25.4. The van der Waals surface area contributed by atoms with E-state index < -0.39 is 51.9 Å². The fraction of sp³-hybridized carbons (Fsp3) is 0.846. The van der Waals surface area contributed by atoms with E-state index in [1.165, 1.54) is 0 Å². The van der Waals surface area contributed by atoms with Crippen LogP contribution in [-0.4, -0.2) is 81.5 Å². The van der Waals surface area contributed by atoms with Crippen molar-refractivity contribution in [2.45, 2.75) is 197 Å². The van der Waals surface area contributed by atoms with Crippen molar-refractivity contribution < 1.29 is 43.3 Å². The highest BCUT2D eigenvalue weighted by atomic mass is 16.6. The van der Waals surface area contributed by atoms with E-state index >= 15 is 0 Å². The van der Waals surface area contributed by atoms with Crippen molar-refractivity contribution in [2.24, 2.45) is 68.5 Å². The number of carboxylic acid groups (broad SMARTS) is 1. The lowest BCUT2D eigenvalue weighted by atomic mass is 9.33. The predicted molar refractivity (Wildman–Crippen MR) is 244 cm³/mol. The minimum absolute atomic E-state index is 0.00549. The molecule has 3 N–H and O–H groups in total. The molecule has 7 rings (SSSR count). The fourth-order valence-electron chi connectivity index (χ4n) is 15.4. The van der Waals surface area contributed by atoms with Crippen molar-refractivity contribution in [3.63, 3.8) is 0 Å². The summed E-state index contributed by atoms with van der Waals surface area (Å²) in [5.41, 5.74) is -1.83. The van der Waals surface area contributed by atoms with E-state index in [-0.39, 0.29) is 76.1 Å². The van der Waals surface area contributed by atoms with Gasteiger partial charge in [-0.2, -0.15) is 0 Å². The number of fused-ring (bicyclic) bond motifs is 7. The first-order chi connectivity index (χ1) is 29.4. The zero-order valence-corrected chi connectivity index (χ0v) is 41.7. The molecule has 1 aliphatic heterocycles. The minimum Gasteiger partial charge on any atom is -0.481 e. The van der Waals surface area contributed by atoms with Gasteiger partial charge in [-0.15, -0.1) is 0 Å². The van der Waals surface area contributed by atoms with Gasteiger partial charge in [-0.05, 0) is 162 Å². The van der Waals surface area contributed by atoms with E-state index in [1.54, 1.807) is 18.7 Å². The Morgan fingerprint density at radius 2 is 1.47 bits per heavy atom. The van der Waals surface area contributed by atoms with Crippen LogP contribution in [0.3, 0.4) is 0 Å². The quantitative estimate of drug-likeness (QED) is 0.202. The molecule has 358 valence electrons. The number of allylic oxidation sites excluding steroid dienone is 1. The number of carboxylic acids is 1. The van der Waals surface area contributed by atoms with Crippen LogP contribution in [0.4, 0.5) is 4.79 Å². The molecule has 12 nitrogen and oxygen atoms in total. The molecule has 6 aliphatic carbocycles. The number of ether oxygens (including phenoxy) is 2. The van der Waals surface area contributed by atoms with Crippen molar-refractivity contribution in [1.29, 1.82) is 0 Å². The van der Waals surface area contributed by atoms with E-state index in [0.717, 1.165) is 56.1 Å². The molecule has 0 aromatic carbocycles. The summed E-state index contributed by atoms with van der Waals surface area (Å²) in [5.74, 6) is -2.15. The smallest absolute Gasteiger partial charge is 0.410 e. The molecule has 12 heteroatoms. The number of hydrogen-bond acceptors (Lipinski definition) is 8. The lowest BCUT2D eigenvalue weighted by Gasteiger charge is -2.72. The molecule has 0 bridgehead atoms. The van der Waals surface area contributed by atoms with Crippen LogP contribution in [0, 0.1) is 68.5 Å². The number of nitrogens with one attached hydrogen (secondary N) is 2. The predicted octanol–water partition coefficient (Wildman–Crippen LogP) is 9.04. The third kappa shape index (κ3) is 7.62. The van der Waals surface area contributed by atoms with Crippen molar-refractivity contribution in [1.82, 2.24) is 15.5 Å². The number of carbonyl (C=O) groups excluding carboxylic acids is 5. The molecule has 11 atom stereocenters. The zero-order valence-electron chi connectivity index (χ0n) is 41.7. The van der Waals surface area contributed by atoms with Crippen molar-refractivity contribution in [2.75, 3.05) is 13.1 Å². The van der Waals surface area contributed by atoms with Crippen LogP contribution in [0.25, 0.3) is 0 Å². The normalized spacial score (nSPS) is 39.0. The molecular weight excluding hydrogens is 811 g/mol. The number of amides is 3. The lowest BCUT2D eigenvalue weighted by molar-refractivity contribution is -0.235. The highest BCUT2D eigenvalue weighted by Crippen LogP contribution is 2.76. The van der Waals surface area contributed by atoms with Gasteiger partial charge < -0.3 is 30.1 Å². The molecule has 5 saturated carbocycles. The first-order valence-corrected chi connectivity index (χ1v) is 24.7. The third-order valence-corrected chi connectivity index (χ3v) is 19.3.